The molecule has 0 saturated heterocycles. The van der Waals surface area contributed by atoms with E-state index in [1.54, 1.807) is 17.5 Å². The molecule has 2 N–H and O–H groups in total. The highest BCUT2D eigenvalue weighted by molar-refractivity contribution is 7.16. The summed E-state index contributed by atoms with van der Waals surface area (Å²) >= 11 is 1.60. The lowest BCUT2D eigenvalue weighted by atomic mass is 10.4. The standard InChI is InChI=1S/C9H11N3OS/c13-4-1-3-10-9-11-6-7-2-5-14-8(7)12-9/h2,5-6,13H,1,3-4H2,(H,10,11,12). The fourth-order valence-electron chi connectivity index (χ4n) is 1.12. The number of aliphatic hydroxyl groups is 1. The molecule has 0 aliphatic rings. The summed E-state index contributed by atoms with van der Waals surface area (Å²) in [6.45, 7) is 0.891. The van der Waals surface area contributed by atoms with Gasteiger partial charge in [0, 0.05) is 24.7 Å². The molecule has 0 atom stereocenters. The van der Waals surface area contributed by atoms with Crippen LogP contribution in [0.25, 0.3) is 10.2 Å². The molecule has 74 valence electrons. The molecule has 0 fully saturated rings. The van der Waals surface area contributed by atoms with Crippen LogP contribution in [-0.2, 0) is 0 Å². The zero-order valence-electron chi connectivity index (χ0n) is 7.60. The van der Waals surface area contributed by atoms with Gasteiger partial charge in [0.15, 0.2) is 0 Å². The molecule has 2 heterocycles. The summed E-state index contributed by atoms with van der Waals surface area (Å²) in [6.07, 6.45) is 2.52. The summed E-state index contributed by atoms with van der Waals surface area (Å²) in [5.41, 5.74) is 0. The van der Waals surface area contributed by atoms with Gasteiger partial charge < -0.3 is 10.4 Å². The molecule has 2 aromatic heterocycles. The van der Waals surface area contributed by atoms with Crippen LogP contribution in [0.15, 0.2) is 17.6 Å². The minimum atomic E-state index is 0.189. The van der Waals surface area contributed by atoms with Crippen molar-refractivity contribution in [2.24, 2.45) is 0 Å². The number of nitrogens with one attached hydrogen (secondary N) is 1. The smallest absolute Gasteiger partial charge is 0.224 e. The molecule has 0 radical (unpaired) electrons. The third-order valence-corrected chi connectivity index (χ3v) is 2.65. The van der Waals surface area contributed by atoms with Crippen LogP contribution in [0.5, 0.6) is 0 Å². The fourth-order valence-corrected chi connectivity index (χ4v) is 1.86. The maximum Gasteiger partial charge on any atom is 0.224 e. The van der Waals surface area contributed by atoms with Crippen molar-refractivity contribution in [3.63, 3.8) is 0 Å². The highest BCUT2D eigenvalue weighted by Gasteiger charge is 1.99. The topological polar surface area (TPSA) is 58.0 Å². The van der Waals surface area contributed by atoms with Crippen molar-refractivity contribution in [3.8, 4) is 0 Å². The van der Waals surface area contributed by atoms with Gasteiger partial charge in [-0.2, -0.15) is 0 Å². The monoisotopic (exact) mass is 209 g/mol. The van der Waals surface area contributed by atoms with Crippen LogP contribution < -0.4 is 5.32 Å². The quantitative estimate of drug-likeness (QED) is 0.749. The zero-order valence-corrected chi connectivity index (χ0v) is 8.42. The Morgan fingerprint density at radius 3 is 3.29 bits per heavy atom. The Kier molecular flexibility index (Phi) is 2.90. The van der Waals surface area contributed by atoms with Gasteiger partial charge >= 0.3 is 0 Å². The fraction of sp³-hybridized carbons (Fsp3) is 0.333. The van der Waals surface area contributed by atoms with Crippen molar-refractivity contribution in [1.82, 2.24) is 9.97 Å². The molecule has 0 aliphatic carbocycles. The summed E-state index contributed by atoms with van der Waals surface area (Å²) in [4.78, 5) is 9.47. The Hall–Kier alpha value is -1.20. The van der Waals surface area contributed by atoms with Crippen LogP contribution in [0.2, 0.25) is 0 Å². The molecule has 0 unspecified atom stereocenters. The Morgan fingerprint density at radius 1 is 1.50 bits per heavy atom. The van der Waals surface area contributed by atoms with Crippen molar-refractivity contribution in [2.45, 2.75) is 6.42 Å². The van der Waals surface area contributed by atoms with Gasteiger partial charge in [-0.05, 0) is 17.9 Å². The maximum absolute atomic E-state index is 8.60. The van der Waals surface area contributed by atoms with Gasteiger partial charge in [-0.1, -0.05) is 0 Å². The van der Waals surface area contributed by atoms with E-state index < -0.39 is 0 Å². The molecular weight excluding hydrogens is 198 g/mol. The van der Waals surface area contributed by atoms with E-state index >= 15 is 0 Å². The summed E-state index contributed by atoms with van der Waals surface area (Å²) in [5.74, 6) is 0.633. The van der Waals surface area contributed by atoms with Gasteiger partial charge in [-0.3, -0.25) is 0 Å². The number of aromatic nitrogens is 2. The normalized spacial score (nSPS) is 10.6. The molecule has 4 nitrogen and oxygen atoms in total. The summed E-state index contributed by atoms with van der Waals surface area (Å²) < 4.78 is 0. The molecule has 0 amide bonds. The van der Waals surface area contributed by atoms with Gasteiger partial charge in [0.25, 0.3) is 0 Å². The van der Waals surface area contributed by atoms with E-state index in [-0.39, 0.29) is 6.61 Å². The molecule has 0 aliphatic heterocycles. The van der Waals surface area contributed by atoms with E-state index in [9.17, 15) is 0 Å². The van der Waals surface area contributed by atoms with Gasteiger partial charge in [0.2, 0.25) is 5.95 Å². The van der Waals surface area contributed by atoms with Crippen molar-refractivity contribution < 1.29 is 5.11 Å². The number of nitrogens with zero attached hydrogens (tertiary/aromatic N) is 2. The number of thiophene rings is 1. The first-order chi connectivity index (χ1) is 6.90. The molecule has 2 aromatic rings. The SMILES string of the molecule is OCCCNc1ncc2ccsc2n1. The van der Waals surface area contributed by atoms with Gasteiger partial charge in [-0.15, -0.1) is 11.3 Å². The second kappa shape index (κ2) is 4.34. The van der Waals surface area contributed by atoms with E-state index in [0.29, 0.717) is 18.9 Å². The first kappa shape index (κ1) is 9.36. The van der Waals surface area contributed by atoms with Crippen LogP contribution in [-0.4, -0.2) is 28.2 Å². The Labute approximate surface area is 85.6 Å². The minimum Gasteiger partial charge on any atom is -0.396 e. The van der Waals surface area contributed by atoms with Crippen molar-refractivity contribution in [3.05, 3.63) is 17.6 Å². The van der Waals surface area contributed by atoms with Crippen molar-refractivity contribution in [2.75, 3.05) is 18.5 Å². The number of fused-ring (bicyclic) bond motifs is 1. The molecule has 0 saturated carbocycles. The lowest BCUT2D eigenvalue weighted by Gasteiger charge is -2.01. The first-order valence-electron chi connectivity index (χ1n) is 4.45. The Balaban J connectivity index is 2.10. The maximum atomic E-state index is 8.60. The van der Waals surface area contributed by atoms with E-state index in [2.05, 4.69) is 15.3 Å². The zero-order chi connectivity index (χ0) is 9.80. The number of anilines is 1. The van der Waals surface area contributed by atoms with E-state index in [1.807, 2.05) is 11.4 Å². The number of hydrogen-bond acceptors (Lipinski definition) is 5. The van der Waals surface area contributed by atoms with Crippen LogP contribution in [0, 0.1) is 0 Å². The van der Waals surface area contributed by atoms with E-state index in [0.717, 1.165) is 10.2 Å². The number of rotatable bonds is 4. The molecule has 2 rings (SSSR count). The Bertz CT molecular complexity index is 415. The minimum absolute atomic E-state index is 0.189. The van der Waals surface area contributed by atoms with Crippen molar-refractivity contribution in [1.29, 1.82) is 0 Å². The van der Waals surface area contributed by atoms with E-state index in [4.69, 9.17) is 5.11 Å². The molecule has 14 heavy (non-hydrogen) atoms. The summed E-state index contributed by atoms with van der Waals surface area (Å²) in [5, 5.41) is 14.7. The van der Waals surface area contributed by atoms with Crippen LogP contribution >= 0.6 is 11.3 Å². The molecule has 0 spiro atoms. The van der Waals surface area contributed by atoms with Crippen molar-refractivity contribution >= 4 is 27.5 Å². The van der Waals surface area contributed by atoms with Gasteiger partial charge in [-0.25, -0.2) is 9.97 Å². The molecule has 0 aromatic carbocycles. The lowest BCUT2D eigenvalue weighted by Crippen LogP contribution is -2.06. The van der Waals surface area contributed by atoms with Gasteiger partial charge in [0.1, 0.15) is 4.83 Å². The third kappa shape index (κ3) is 2.00. The average Bonchev–Trinajstić information content (AvgIpc) is 2.65. The molecule has 0 bridgehead atoms. The lowest BCUT2D eigenvalue weighted by molar-refractivity contribution is 0.292. The highest BCUT2D eigenvalue weighted by Crippen LogP contribution is 2.18. The van der Waals surface area contributed by atoms with Crippen LogP contribution in [0.4, 0.5) is 5.95 Å². The molecular formula is C9H11N3OS. The highest BCUT2D eigenvalue weighted by atomic mass is 32.1. The summed E-state index contributed by atoms with van der Waals surface area (Å²) in [7, 11) is 0. The largest absolute Gasteiger partial charge is 0.396 e. The third-order valence-electron chi connectivity index (χ3n) is 1.83. The predicted octanol–water partition coefficient (Wildman–Crippen LogP) is 1.49. The Morgan fingerprint density at radius 2 is 2.43 bits per heavy atom. The van der Waals surface area contributed by atoms with Gasteiger partial charge in [0.05, 0.1) is 0 Å². The second-order valence-corrected chi connectivity index (χ2v) is 3.77. The predicted molar refractivity (Wildman–Crippen MR) is 57.6 cm³/mol. The number of aliphatic hydroxyl groups excluding tert-OH is 1. The number of hydrogen-bond donors (Lipinski definition) is 2. The first-order valence-corrected chi connectivity index (χ1v) is 5.33. The average molecular weight is 209 g/mol. The van der Waals surface area contributed by atoms with E-state index in [1.165, 1.54) is 0 Å². The van der Waals surface area contributed by atoms with Crippen LogP contribution in [0.1, 0.15) is 6.42 Å². The molecule has 5 heteroatoms. The van der Waals surface area contributed by atoms with Crippen LogP contribution in [0.3, 0.4) is 0 Å². The summed E-state index contributed by atoms with van der Waals surface area (Å²) in [6, 6.07) is 2.00. The second-order valence-electron chi connectivity index (χ2n) is 2.88.